The lowest BCUT2D eigenvalue weighted by molar-refractivity contribution is 0.768. The summed E-state index contributed by atoms with van der Waals surface area (Å²) in [6.45, 7) is 0.624. The fourth-order valence-electron chi connectivity index (χ4n) is 8.42. The van der Waals surface area contributed by atoms with E-state index in [1.165, 1.54) is 0 Å². The van der Waals surface area contributed by atoms with E-state index in [0.717, 1.165) is 65.9 Å². The number of benzene rings is 9. The average Bonchev–Trinajstić information content (AvgIpc) is 3.70. The second-order valence-electron chi connectivity index (χ2n) is 14.0. The number of nitrogens with zero attached hydrogens (tertiary/aromatic N) is 1. The summed E-state index contributed by atoms with van der Waals surface area (Å²) in [5.41, 5.74) is 3.69. The molecule has 9 aromatic rings. The van der Waals surface area contributed by atoms with Crippen LogP contribution in [0.25, 0.3) is 49.9 Å². The summed E-state index contributed by atoms with van der Waals surface area (Å²) in [4.78, 5) is 1.14. The molecular weight excluding hydrogens is 699 g/mol. The van der Waals surface area contributed by atoms with Gasteiger partial charge in [-0.3, -0.25) is 0 Å². The van der Waals surface area contributed by atoms with E-state index in [1.54, 1.807) is 12.1 Å². The van der Waals surface area contributed by atoms with Gasteiger partial charge in [0.25, 0.3) is 0 Å². The van der Waals surface area contributed by atoms with Crippen LogP contribution in [-0.4, -0.2) is 0 Å². The maximum absolute atomic E-state index is 9.70. The third-order valence-corrected chi connectivity index (χ3v) is 10.9. The SMILES string of the molecule is [2H]C=C([2H])/C(=C([2H])\C([2H])=C\c1c([2H])c([2H])c(-c2cc3ccccc3c3ccccc23)c([2H])c1[2H])N(c1ccc2c(c1)C(c1ccccc1)(c1ccccc1)c1ccccc1-2)c1c([2H])c([2H])c([2H])c([2H])c1[2H]. The number of anilines is 2. The van der Waals surface area contributed by atoms with Crippen molar-refractivity contribution in [3.63, 3.8) is 0 Å². The lowest BCUT2D eigenvalue weighted by atomic mass is 9.67. The van der Waals surface area contributed by atoms with Gasteiger partial charge in [-0.2, -0.15) is 0 Å². The van der Waals surface area contributed by atoms with Crippen LogP contribution < -0.4 is 4.90 Å². The van der Waals surface area contributed by atoms with Gasteiger partial charge in [-0.25, -0.2) is 0 Å². The zero-order valence-corrected chi connectivity index (χ0v) is 31.1. The molecule has 0 saturated carbocycles. The molecule has 0 unspecified atom stereocenters. The van der Waals surface area contributed by atoms with Gasteiger partial charge in [0.15, 0.2) is 0 Å². The number of hydrogen-bond donors (Lipinski definition) is 0. The Morgan fingerprint density at radius 1 is 0.552 bits per heavy atom. The van der Waals surface area contributed by atoms with Gasteiger partial charge in [0, 0.05) is 17.1 Å². The molecule has 0 spiro atoms. The predicted octanol–water partition coefficient (Wildman–Crippen LogP) is 14.9. The number of rotatable bonds is 9. The highest BCUT2D eigenvalue weighted by Crippen LogP contribution is 2.57. The van der Waals surface area contributed by atoms with Crippen LogP contribution >= 0.6 is 0 Å². The maximum Gasteiger partial charge on any atom is 0.0714 e. The molecule has 10 rings (SSSR count). The molecule has 1 heteroatoms. The Balaban J connectivity index is 1.23. The first-order valence-electron chi connectivity index (χ1n) is 25.5. The van der Waals surface area contributed by atoms with Gasteiger partial charge in [0.05, 0.1) is 23.2 Å². The van der Waals surface area contributed by atoms with Crippen molar-refractivity contribution in [2.75, 3.05) is 4.90 Å². The van der Waals surface area contributed by atoms with Crippen LogP contribution in [-0.2, 0) is 5.41 Å². The second-order valence-corrected chi connectivity index (χ2v) is 14.0. The minimum Gasteiger partial charge on any atom is -0.311 e. The van der Waals surface area contributed by atoms with E-state index in [2.05, 4.69) is 6.07 Å². The minimum atomic E-state index is -0.971. The molecule has 0 atom stereocenters. The van der Waals surface area contributed by atoms with Crippen LogP contribution in [0.1, 0.15) is 45.6 Å². The van der Waals surface area contributed by atoms with E-state index >= 15 is 0 Å². The standard InChI is InChI=1S/C57H41N/c1-2-46(27-18-19-41-33-35-42(36-34-41)54-39-43-20-12-13-28-49(43)50-29-14-15-30-51(50)54)58(47-25-10-5-11-26-47)48-37-38-53-52-31-16-17-32-55(52)57(56(53)40-48,44-21-6-3-7-22-44)45-23-8-4-9-24-45/h2-40H,1H2/b19-18+,46-27+/i1D,2D,5D,10D,11D,18D,25D,26D,27D,33D,34D,35D,36D/b2-1?,19-18+,46-27+. The van der Waals surface area contributed by atoms with Gasteiger partial charge in [0.1, 0.15) is 0 Å². The van der Waals surface area contributed by atoms with Gasteiger partial charge in [-0.15, -0.1) is 0 Å². The third-order valence-electron chi connectivity index (χ3n) is 10.9. The number of fused-ring (bicyclic) bond motifs is 6. The molecule has 0 heterocycles. The van der Waals surface area contributed by atoms with Crippen LogP contribution in [0.5, 0.6) is 0 Å². The first-order valence-corrected chi connectivity index (χ1v) is 18.9. The Bertz CT molecular complexity index is 3660. The molecular formula is C57H41N. The summed E-state index contributed by atoms with van der Waals surface area (Å²) in [5.74, 6) is 0. The van der Waals surface area contributed by atoms with Gasteiger partial charge in [-0.1, -0.05) is 201 Å². The van der Waals surface area contributed by atoms with Crippen molar-refractivity contribution in [2.24, 2.45) is 0 Å². The highest BCUT2D eigenvalue weighted by atomic mass is 15.1. The van der Waals surface area contributed by atoms with Crippen LogP contribution in [0.15, 0.2) is 243 Å². The normalized spacial score (nSPS) is 16.9. The fourth-order valence-corrected chi connectivity index (χ4v) is 8.42. The quantitative estimate of drug-likeness (QED) is 0.105. The summed E-state index contributed by atoms with van der Waals surface area (Å²) in [7, 11) is 0. The average molecular weight is 753 g/mol. The second kappa shape index (κ2) is 14.9. The van der Waals surface area contributed by atoms with E-state index in [4.69, 9.17) is 5.48 Å². The molecule has 0 N–H and O–H groups in total. The summed E-state index contributed by atoms with van der Waals surface area (Å²) in [6, 6.07) is 42.7. The lowest BCUT2D eigenvalue weighted by Gasteiger charge is -2.35. The van der Waals surface area contributed by atoms with Crippen molar-refractivity contribution in [3.8, 4) is 22.3 Å². The monoisotopic (exact) mass is 752 g/mol. The van der Waals surface area contributed by atoms with E-state index in [-0.39, 0.29) is 28.9 Å². The molecule has 1 aliphatic rings. The van der Waals surface area contributed by atoms with Crippen molar-refractivity contribution in [3.05, 3.63) is 270 Å². The molecule has 0 bridgehead atoms. The molecule has 0 amide bonds. The number of para-hydroxylation sites is 1. The molecule has 0 radical (unpaired) electrons. The predicted molar refractivity (Wildman–Crippen MR) is 247 cm³/mol. The Morgan fingerprint density at radius 3 is 1.93 bits per heavy atom. The van der Waals surface area contributed by atoms with E-state index in [9.17, 15) is 12.3 Å². The molecule has 0 aliphatic heterocycles. The minimum absolute atomic E-state index is 0.0479. The Hall–Kier alpha value is -7.48. The molecule has 0 saturated heterocycles. The zero-order valence-electron chi connectivity index (χ0n) is 44.1. The highest BCUT2D eigenvalue weighted by Gasteiger charge is 2.46. The van der Waals surface area contributed by atoms with E-state index < -0.39 is 77.3 Å². The Morgan fingerprint density at radius 2 is 1.19 bits per heavy atom. The summed E-state index contributed by atoms with van der Waals surface area (Å²) < 4.78 is 118. The number of allylic oxidation sites excluding steroid dienone is 3. The largest absolute Gasteiger partial charge is 0.311 e. The zero-order chi connectivity index (χ0) is 50.0. The Labute approximate surface area is 359 Å². The Kier molecular flexibility index (Phi) is 6.04. The van der Waals surface area contributed by atoms with E-state index in [1.807, 2.05) is 140 Å². The van der Waals surface area contributed by atoms with E-state index in [0.29, 0.717) is 12.1 Å². The van der Waals surface area contributed by atoms with Crippen molar-refractivity contribution in [1.29, 1.82) is 0 Å². The third kappa shape index (κ3) is 5.88. The lowest BCUT2D eigenvalue weighted by Crippen LogP contribution is -2.28. The van der Waals surface area contributed by atoms with Crippen molar-refractivity contribution in [2.45, 2.75) is 5.41 Å². The summed E-state index contributed by atoms with van der Waals surface area (Å²) in [5, 5.41) is 3.37. The fraction of sp³-hybridized carbons (Fsp3) is 0.0175. The van der Waals surface area contributed by atoms with Crippen LogP contribution in [0.3, 0.4) is 0 Å². The van der Waals surface area contributed by atoms with Gasteiger partial charge in [0.2, 0.25) is 0 Å². The van der Waals surface area contributed by atoms with Crippen molar-refractivity contribution in [1.82, 2.24) is 0 Å². The molecule has 0 aromatic heterocycles. The molecule has 9 aromatic carbocycles. The summed E-state index contributed by atoms with van der Waals surface area (Å²) in [6.07, 6.45) is 0.998. The highest BCUT2D eigenvalue weighted by molar-refractivity contribution is 6.13. The van der Waals surface area contributed by atoms with Gasteiger partial charge in [-0.05, 0) is 114 Å². The molecule has 0 fully saturated rings. The molecule has 1 nitrogen and oxygen atoms in total. The molecule has 1 aliphatic carbocycles. The smallest absolute Gasteiger partial charge is 0.0714 e. The first kappa shape index (κ1) is 23.6. The van der Waals surface area contributed by atoms with Gasteiger partial charge < -0.3 is 4.90 Å². The topological polar surface area (TPSA) is 3.24 Å². The molecule has 58 heavy (non-hydrogen) atoms. The first-order chi connectivity index (χ1) is 34.2. The summed E-state index contributed by atoms with van der Waals surface area (Å²) >= 11 is 0. The van der Waals surface area contributed by atoms with Crippen LogP contribution in [0.2, 0.25) is 0 Å². The van der Waals surface area contributed by atoms with Crippen molar-refractivity contribution >= 4 is 39.0 Å². The van der Waals surface area contributed by atoms with Crippen molar-refractivity contribution < 1.29 is 17.8 Å². The number of hydrogen-bond acceptors (Lipinski definition) is 1. The van der Waals surface area contributed by atoms with Crippen LogP contribution in [0.4, 0.5) is 11.4 Å². The molecule has 274 valence electrons. The van der Waals surface area contributed by atoms with Crippen LogP contribution in [0, 0.1) is 0 Å². The van der Waals surface area contributed by atoms with Gasteiger partial charge >= 0.3 is 0 Å². The maximum atomic E-state index is 9.70.